The zero-order valence-corrected chi connectivity index (χ0v) is 10.7. The van der Waals surface area contributed by atoms with Crippen LogP contribution in [0.2, 0.25) is 0 Å². The van der Waals surface area contributed by atoms with E-state index in [2.05, 4.69) is 5.16 Å². The number of para-hydroxylation sites is 1. The van der Waals surface area contributed by atoms with Gasteiger partial charge in [-0.3, -0.25) is 10.1 Å². The largest absolute Gasteiger partial charge is 0.497 e. The van der Waals surface area contributed by atoms with Crippen LogP contribution in [0, 0.1) is 10.1 Å². The Morgan fingerprint density at radius 2 is 1.85 bits per heavy atom. The maximum atomic E-state index is 11.0. The third-order valence-electron chi connectivity index (χ3n) is 2.82. The lowest BCUT2D eigenvalue weighted by molar-refractivity contribution is -0.385. The van der Waals surface area contributed by atoms with Gasteiger partial charge in [-0.05, 0) is 30.3 Å². The van der Waals surface area contributed by atoms with Crippen molar-refractivity contribution in [2.45, 2.75) is 0 Å². The van der Waals surface area contributed by atoms with Crippen molar-refractivity contribution >= 4 is 11.4 Å². The second-order valence-electron chi connectivity index (χ2n) is 3.95. The fourth-order valence-electron chi connectivity index (χ4n) is 1.85. The minimum absolute atomic E-state index is 0.115. The standard InChI is InChI=1S/C14H12N2O4/c1-20-11-8-6-10(7-9-11)14(15-17)12-4-2-3-5-13(12)16(18)19/h2-9,17H,1H3/b15-14+. The number of nitro groups is 1. The fraction of sp³-hybridized carbons (Fsp3) is 0.0714. The Labute approximate surface area is 115 Å². The SMILES string of the molecule is COc1ccc(/C(=N\O)c2ccccc2[N+](=O)[O-])cc1. The third-order valence-corrected chi connectivity index (χ3v) is 2.82. The summed E-state index contributed by atoms with van der Waals surface area (Å²) in [5.74, 6) is 0.647. The van der Waals surface area contributed by atoms with Gasteiger partial charge in [0.1, 0.15) is 11.5 Å². The quantitative estimate of drug-likeness (QED) is 0.401. The monoisotopic (exact) mass is 272 g/mol. The van der Waals surface area contributed by atoms with Crippen molar-refractivity contribution in [3.8, 4) is 5.75 Å². The second-order valence-corrected chi connectivity index (χ2v) is 3.95. The zero-order valence-electron chi connectivity index (χ0n) is 10.7. The van der Waals surface area contributed by atoms with E-state index in [0.29, 0.717) is 11.3 Å². The van der Waals surface area contributed by atoms with E-state index >= 15 is 0 Å². The lowest BCUT2D eigenvalue weighted by Gasteiger charge is -2.06. The number of hydrogen-bond acceptors (Lipinski definition) is 5. The molecule has 0 aliphatic rings. The summed E-state index contributed by atoms with van der Waals surface area (Å²) < 4.78 is 5.04. The van der Waals surface area contributed by atoms with Gasteiger partial charge in [0, 0.05) is 11.6 Å². The Morgan fingerprint density at radius 3 is 2.40 bits per heavy atom. The Kier molecular flexibility index (Phi) is 3.95. The fourth-order valence-corrected chi connectivity index (χ4v) is 1.85. The highest BCUT2D eigenvalue weighted by atomic mass is 16.6. The molecule has 6 nitrogen and oxygen atoms in total. The van der Waals surface area contributed by atoms with Gasteiger partial charge < -0.3 is 9.94 Å². The van der Waals surface area contributed by atoms with Crippen molar-refractivity contribution in [2.24, 2.45) is 5.16 Å². The van der Waals surface area contributed by atoms with Gasteiger partial charge in [0.2, 0.25) is 0 Å². The molecule has 0 saturated carbocycles. The number of rotatable bonds is 4. The van der Waals surface area contributed by atoms with Crippen LogP contribution in [0.5, 0.6) is 5.75 Å². The molecule has 0 atom stereocenters. The van der Waals surface area contributed by atoms with E-state index in [-0.39, 0.29) is 17.0 Å². The molecule has 0 spiro atoms. The van der Waals surface area contributed by atoms with Crippen LogP contribution in [-0.2, 0) is 0 Å². The van der Waals surface area contributed by atoms with Gasteiger partial charge >= 0.3 is 0 Å². The van der Waals surface area contributed by atoms with E-state index in [9.17, 15) is 15.3 Å². The molecule has 0 bridgehead atoms. The van der Waals surface area contributed by atoms with Gasteiger partial charge in [0.15, 0.2) is 0 Å². The van der Waals surface area contributed by atoms with E-state index in [1.165, 1.54) is 19.2 Å². The summed E-state index contributed by atoms with van der Waals surface area (Å²) >= 11 is 0. The van der Waals surface area contributed by atoms with E-state index in [1.54, 1.807) is 36.4 Å². The molecule has 0 aliphatic carbocycles. The molecular formula is C14H12N2O4. The Bertz CT molecular complexity index is 650. The second kappa shape index (κ2) is 5.83. The first-order valence-corrected chi connectivity index (χ1v) is 5.77. The topological polar surface area (TPSA) is 85.0 Å². The van der Waals surface area contributed by atoms with Crippen LogP contribution in [0.3, 0.4) is 0 Å². The molecule has 0 fully saturated rings. The van der Waals surface area contributed by atoms with Crippen LogP contribution < -0.4 is 4.74 Å². The molecule has 0 aliphatic heterocycles. The molecule has 0 heterocycles. The number of nitro benzene ring substituents is 1. The van der Waals surface area contributed by atoms with Gasteiger partial charge in [-0.1, -0.05) is 17.3 Å². The summed E-state index contributed by atoms with van der Waals surface area (Å²) in [6.07, 6.45) is 0. The molecule has 0 saturated heterocycles. The maximum Gasteiger partial charge on any atom is 0.278 e. The number of nitrogens with zero attached hydrogens (tertiary/aromatic N) is 2. The van der Waals surface area contributed by atoms with E-state index in [1.807, 2.05) is 0 Å². The van der Waals surface area contributed by atoms with Crippen molar-refractivity contribution in [1.29, 1.82) is 0 Å². The van der Waals surface area contributed by atoms with Gasteiger partial charge in [-0.15, -0.1) is 0 Å². The molecule has 2 aromatic rings. The molecule has 0 radical (unpaired) electrons. The number of ether oxygens (including phenoxy) is 1. The van der Waals surface area contributed by atoms with Gasteiger partial charge in [-0.2, -0.15) is 0 Å². The number of oxime groups is 1. The molecule has 0 unspecified atom stereocenters. The summed E-state index contributed by atoms with van der Waals surface area (Å²) in [6.45, 7) is 0. The first-order chi connectivity index (χ1) is 9.67. The van der Waals surface area contributed by atoms with Crippen molar-refractivity contribution < 1.29 is 14.9 Å². The molecule has 6 heteroatoms. The zero-order chi connectivity index (χ0) is 14.5. The lowest BCUT2D eigenvalue weighted by Crippen LogP contribution is -2.07. The minimum Gasteiger partial charge on any atom is -0.497 e. The molecular weight excluding hydrogens is 260 g/mol. The summed E-state index contributed by atoms with van der Waals surface area (Å²) in [5, 5.41) is 23.4. The number of benzene rings is 2. The molecule has 0 amide bonds. The average Bonchev–Trinajstić information content (AvgIpc) is 2.49. The van der Waals surface area contributed by atoms with Gasteiger partial charge in [0.25, 0.3) is 5.69 Å². The molecule has 2 aromatic carbocycles. The average molecular weight is 272 g/mol. The Morgan fingerprint density at radius 1 is 1.20 bits per heavy atom. The summed E-state index contributed by atoms with van der Waals surface area (Å²) in [7, 11) is 1.54. The highest BCUT2D eigenvalue weighted by molar-refractivity contribution is 6.14. The molecule has 0 aromatic heterocycles. The molecule has 102 valence electrons. The normalized spacial score (nSPS) is 11.2. The van der Waals surface area contributed by atoms with Crippen LogP contribution in [0.15, 0.2) is 53.7 Å². The lowest BCUT2D eigenvalue weighted by atomic mass is 10.0. The van der Waals surface area contributed by atoms with E-state index in [4.69, 9.17) is 4.74 Å². The number of methoxy groups -OCH3 is 1. The van der Waals surface area contributed by atoms with Gasteiger partial charge in [-0.25, -0.2) is 0 Å². The van der Waals surface area contributed by atoms with Crippen LogP contribution in [0.25, 0.3) is 0 Å². The first kappa shape index (κ1) is 13.5. The van der Waals surface area contributed by atoms with E-state index < -0.39 is 4.92 Å². The van der Waals surface area contributed by atoms with Crippen molar-refractivity contribution in [3.63, 3.8) is 0 Å². The van der Waals surface area contributed by atoms with Crippen LogP contribution in [0.1, 0.15) is 11.1 Å². The van der Waals surface area contributed by atoms with E-state index in [0.717, 1.165) is 0 Å². The highest BCUT2D eigenvalue weighted by Crippen LogP contribution is 2.23. The Balaban J connectivity index is 2.50. The first-order valence-electron chi connectivity index (χ1n) is 5.77. The third kappa shape index (κ3) is 2.59. The van der Waals surface area contributed by atoms with Crippen LogP contribution in [-0.4, -0.2) is 23.0 Å². The minimum atomic E-state index is -0.510. The van der Waals surface area contributed by atoms with Crippen LogP contribution in [0.4, 0.5) is 5.69 Å². The smallest absolute Gasteiger partial charge is 0.278 e. The molecule has 20 heavy (non-hydrogen) atoms. The summed E-state index contributed by atoms with van der Waals surface area (Å²) in [5.41, 5.74) is 0.837. The summed E-state index contributed by atoms with van der Waals surface area (Å²) in [4.78, 5) is 10.5. The maximum absolute atomic E-state index is 11.0. The van der Waals surface area contributed by atoms with Crippen molar-refractivity contribution in [1.82, 2.24) is 0 Å². The highest BCUT2D eigenvalue weighted by Gasteiger charge is 2.19. The molecule has 2 rings (SSSR count). The molecule has 1 N–H and O–H groups in total. The van der Waals surface area contributed by atoms with Crippen LogP contribution >= 0.6 is 0 Å². The predicted octanol–water partition coefficient (Wildman–Crippen LogP) is 2.83. The number of hydrogen-bond donors (Lipinski definition) is 1. The summed E-state index contributed by atoms with van der Waals surface area (Å²) in [6, 6.07) is 12.8. The predicted molar refractivity (Wildman–Crippen MR) is 73.5 cm³/mol. The van der Waals surface area contributed by atoms with Crippen molar-refractivity contribution in [2.75, 3.05) is 7.11 Å². The van der Waals surface area contributed by atoms with Gasteiger partial charge in [0.05, 0.1) is 17.6 Å². The van der Waals surface area contributed by atoms with Crippen molar-refractivity contribution in [3.05, 3.63) is 69.8 Å². The Hall–Kier alpha value is -2.89.